The molecule has 1 aromatic carbocycles. The molecule has 2 aromatic rings. The molecule has 0 atom stereocenters. The number of carbonyl (C=O) groups is 2. The number of ether oxygens (including phenoxy) is 1. The van der Waals surface area contributed by atoms with E-state index < -0.39 is 0 Å². The van der Waals surface area contributed by atoms with Crippen LogP contribution in [0.2, 0.25) is 5.02 Å². The molecular weight excluding hydrogens is 292 g/mol. The van der Waals surface area contributed by atoms with Crippen LogP contribution in [0.3, 0.4) is 0 Å². The van der Waals surface area contributed by atoms with Crippen LogP contribution >= 0.6 is 11.6 Å². The van der Waals surface area contributed by atoms with Crippen molar-refractivity contribution in [2.75, 3.05) is 13.2 Å². The van der Waals surface area contributed by atoms with Crippen molar-refractivity contribution in [2.45, 2.75) is 19.8 Å². The van der Waals surface area contributed by atoms with Crippen molar-refractivity contribution in [2.24, 2.45) is 0 Å². The van der Waals surface area contributed by atoms with Crippen molar-refractivity contribution >= 4 is 34.4 Å². The van der Waals surface area contributed by atoms with Gasteiger partial charge in [0.2, 0.25) is 0 Å². The van der Waals surface area contributed by atoms with Crippen LogP contribution in [0, 0.1) is 0 Å². The number of halogens is 1. The minimum Gasteiger partial charge on any atom is -0.466 e. The topological polar surface area (TPSA) is 71.2 Å². The zero-order valence-electron chi connectivity index (χ0n) is 11.7. The predicted molar refractivity (Wildman–Crippen MR) is 81.5 cm³/mol. The van der Waals surface area contributed by atoms with Crippen LogP contribution in [0.4, 0.5) is 0 Å². The Morgan fingerprint density at radius 3 is 2.90 bits per heavy atom. The summed E-state index contributed by atoms with van der Waals surface area (Å²) in [5.74, 6) is -0.446. The molecule has 6 heteroatoms. The fourth-order valence-electron chi connectivity index (χ4n) is 1.99. The Labute approximate surface area is 127 Å². The van der Waals surface area contributed by atoms with Gasteiger partial charge in [-0.3, -0.25) is 9.59 Å². The number of benzene rings is 1. The van der Waals surface area contributed by atoms with Gasteiger partial charge in [-0.2, -0.15) is 0 Å². The molecule has 1 amide bonds. The highest BCUT2D eigenvalue weighted by Crippen LogP contribution is 2.19. The van der Waals surface area contributed by atoms with Crippen LogP contribution in [0.25, 0.3) is 10.9 Å². The molecule has 0 aliphatic rings. The van der Waals surface area contributed by atoms with E-state index in [4.69, 9.17) is 16.3 Å². The molecule has 0 aliphatic heterocycles. The van der Waals surface area contributed by atoms with Crippen LogP contribution < -0.4 is 5.32 Å². The van der Waals surface area contributed by atoms with Crippen LogP contribution in [-0.4, -0.2) is 30.0 Å². The number of nitrogens with one attached hydrogen (secondary N) is 2. The quantitative estimate of drug-likeness (QED) is 0.636. The lowest BCUT2D eigenvalue weighted by molar-refractivity contribution is -0.143. The minimum atomic E-state index is -0.244. The molecule has 2 N–H and O–H groups in total. The monoisotopic (exact) mass is 308 g/mol. The molecule has 0 unspecified atom stereocenters. The molecule has 1 heterocycles. The van der Waals surface area contributed by atoms with E-state index in [-0.39, 0.29) is 11.9 Å². The highest BCUT2D eigenvalue weighted by Gasteiger charge is 2.09. The second-order valence-corrected chi connectivity index (χ2v) is 5.02. The summed E-state index contributed by atoms with van der Waals surface area (Å²) in [6.07, 6.45) is 0.854. The molecule has 1 aromatic heterocycles. The van der Waals surface area contributed by atoms with Crippen molar-refractivity contribution in [3.63, 3.8) is 0 Å². The molecule has 0 aliphatic carbocycles. The van der Waals surface area contributed by atoms with Gasteiger partial charge in [-0.15, -0.1) is 0 Å². The second kappa shape index (κ2) is 7.13. The Morgan fingerprint density at radius 1 is 1.33 bits per heavy atom. The third kappa shape index (κ3) is 4.23. The number of H-pyrrole nitrogens is 1. The maximum absolute atomic E-state index is 12.0. The summed E-state index contributed by atoms with van der Waals surface area (Å²) in [5.41, 5.74) is 1.33. The first-order valence-corrected chi connectivity index (χ1v) is 7.20. The number of fused-ring (bicyclic) bond motifs is 1. The largest absolute Gasteiger partial charge is 0.466 e. The maximum Gasteiger partial charge on any atom is 0.305 e. The maximum atomic E-state index is 12.0. The first kappa shape index (κ1) is 15.4. The molecule has 0 radical (unpaired) electrons. The van der Waals surface area contributed by atoms with Crippen LogP contribution in [-0.2, 0) is 9.53 Å². The number of hydrogen-bond acceptors (Lipinski definition) is 3. The number of carbonyl (C=O) groups excluding carboxylic acids is 2. The van der Waals surface area contributed by atoms with Gasteiger partial charge in [0, 0.05) is 28.9 Å². The van der Waals surface area contributed by atoms with Gasteiger partial charge in [-0.05, 0) is 37.6 Å². The third-order valence-electron chi connectivity index (χ3n) is 2.98. The van der Waals surface area contributed by atoms with E-state index in [1.54, 1.807) is 25.1 Å². The van der Waals surface area contributed by atoms with Crippen molar-refractivity contribution in [1.29, 1.82) is 0 Å². The number of rotatable bonds is 6. The van der Waals surface area contributed by atoms with E-state index in [9.17, 15) is 9.59 Å². The average Bonchev–Trinajstić information content (AvgIpc) is 2.86. The van der Waals surface area contributed by atoms with Gasteiger partial charge in [0.15, 0.2) is 0 Å². The van der Waals surface area contributed by atoms with Gasteiger partial charge >= 0.3 is 5.97 Å². The van der Waals surface area contributed by atoms with E-state index in [1.807, 2.05) is 6.07 Å². The fraction of sp³-hybridized carbons (Fsp3) is 0.333. The van der Waals surface area contributed by atoms with Crippen molar-refractivity contribution < 1.29 is 14.3 Å². The number of hydrogen-bond donors (Lipinski definition) is 2. The smallest absolute Gasteiger partial charge is 0.305 e. The lowest BCUT2D eigenvalue weighted by Gasteiger charge is -2.03. The first-order valence-electron chi connectivity index (χ1n) is 6.82. The molecule has 0 saturated heterocycles. The summed E-state index contributed by atoms with van der Waals surface area (Å²) >= 11 is 5.91. The van der Waals surface area contributed by atoms with Crippen molar-refractivity contribution in [1.82, 2.24) is 10.3 Å². The standard InChI is InChI=1S/C15H17ClN2O3/c1-2-21-14(19)4-3-7-17-15(20)13-9-10-8-11(16)5-6-12(10)18-13/h5-6,8-9,18H,2-4,7H2,1H3,(H,17,20). The van der Waals surface area contributed by atoms with Crippen molar-refractivity contribution in [3.8, 4) is 0 Å². The summed E-state index contributed by atoms with van der Waals surface area (Å²) in [7, 11) is 0. The summed E-state index contributed by atoms with van der Waals surface area (Å²) in [4.78, 5) is 26.2. The van der Waals surface area contributed by atoms with Crippen molar-refractivity contribution in [3.05, 3.63) is 35.0 Å². The molecular formula is C15H17ClN2O3. The molecule has 0 spiro atoms. The van der Waals surface area contributed by atoms with E-state index in [1.165, 1.54) is 0 Å². The molecule has 0 saturated carbocycles. The minimum absolute atomic E-state index is 0.203. The van der Waals surface area contributed by atoms with E-state index in [2.05, 4.69) is 10.3 Å². The summed E-state index contributed by atoms with van der Waals surface area (Å²) < 4.78 is 4.81. The van der Waals surface area contributed by atoms with Gasteiger partial charge in [-0.1, -0.05) is 11.6 Å². The van der Waals surface area contributed by atoms with Gasteiger partial charge < -0.3 is 15.0 Å². The average molecular weight is 309 g/mol. The number of aromatic nitrogens is 1. The zero-order valence-corrected chi connectivity index (χ0v) is 12.5. The lowest BCUT2D eigenvalue weighted by Crippen LogP contribution is -2.25. The van der Waals surface area contributed by atoms with Crippen LogP contribution in [0.15, 0.2) is 24.3 Å². The van der Waals surface area contributed by atoms with E-state index in [0.717, 1.165) is 10.9 Å². The van der Waals surface area contributed by atoms with Crippen LogP contribution in [0.5, 0.6) is 0 Å². The first-order chi connectivity index (χ1) is 10.1. The number of esters is 1. The Balaban J connectivity index is 1.86. The number of aromatic amines is 1. The highest BCUT2D eigenvalue weighted by molar-refractivity contribution is 6.31. The van der Waals surface area contributed by atoms with Gasteiger partial charge in [0.05, 0.1) is 6.61 Å². The summed E-state index contributed by atoms with van der Waals surface area (Å²) in [5, 5.41) is 4.28. The normalized spacial score (nSPS) is 10.6. The summed E-state index contributed by atoms with van der Waals surface area (Å²) in [6, 6.07) is 7.14. The second-order valence-electron chi connectivity index (χ2n) is 4.58. The molecule has 2 rings (SSSR count). The molecule has 5 nitrogen and oxygen atoms in total. The Hall–Kier alpha value is -2.01. The van der Waals surface area contributed by atoms with Gasteiger partial charge in [0.25, 0.3) is 5.91 Å². The van der Waals surface area contributed by atoms with E-state index in [0.29, 0.717) is 36.7 Å². The zero-order chi connectivity index (χ0) is 15.2. The fourth-order valence-corrected chi connectivity index (χ4v) is 2.17. The summed E-state index contributed by atoms with van der Waals surface area (Å²) in [6.45, 7) is 2.57. The predicted octanol–water partition coefficient (Wildman–Crippen LogP) is 2.89. The molecule has 0 bridgehead atoms. The van der Waals surface area contributed by atoms with Crippen LogP contribution in [0.1, 0.15) is 30.3 Å². The SMILES string of the molecule is CCOC(=O)CCCNC(=O)c1cc2cc(Cl)ccc2[nH]1. The van der Waals surface area contributed by atoms with Gasteiger partial charge in [0.1, 0.15) is 5.69 Å². The molecule has 0 fully saturated rings. The Morgan fingerprint density at radius 2 is 2.14 bits per heavy atom. The lowest BCUT2D eigenvalue weighted by atomic mass is 10.2. The molecule has 21 heavy (non-hydrogen) atoms. The Bertz CT molecular complexity index is 651. The molecule has 112 valence electrons. The Kier molecular flexibility index (Phi) is 5.22. The number of amides is 1. The van der Waals surface area contributed by atoms with Gasteiger partial charge in [-0.25, -0.2) is 0 Å². The van der Waals surface area contributed by atoms with E-state index >= 15 is 0 Å². The highest BCUT2D eigenvalue weighted by atomic mass is 35.5. The third-order valence-corrected chi connectivity index (χ3v) is 3.21.